The lowest BCUT2D eigenvalue weighted by atomic mass is 10.0. The summed E-state index contributed by atoms with van der Waals surface area (Å²) < 4.78 is 17.1. The Morgan fingerprint density at radius 2 is 1.92 bits per heavy atom. The van der Waals surface area contributed by atoms with Gasteiger partial charge in [0.05, 0.1) is 24.3 Å². The van der Waals surface area contributed by atoms with Crippen molar-refractivity contribution in [3.05, 3.63) is 63.3 Å². The van der Waals surface area contributed by atoms with Gasteiger partial charge in [0, 0.05) is 10.9 Å². The van der Waals surface area contributed by atoms with Crippen LogP contribution in [0.5, 0.6) is 5.75 Å². The van der Waals surface area contributed by atoms with Crippen LogP contribution in [-0.4, -0.2) is 13.1 Å². The Morgan fingerprint density at radius 3 is 2.68 bits per heavy atom. The molecule has 0 aliphatic carbocycles. The normalized spacial score (nSPS) is 10.9. The van der Waals surface area contributed by atoms with Gasteiger partial charge in [0.15, 0.2) is 0 Å². The SMILES string of the molecule is COC(=O)Cc1cc(C)c(C)cc1OCc1cc(Br)c2occc2c1. The van der Waals surface area contributed by atoms with E-state index in [2.05, 4.69) is 15.9 Å². The maximum absolute atomic E-state index is 11.7. The van der Waals surface area contributed by atoms with Crippen LogP contribution in [0.2, 0.25) is 0 Å². The zero-order valence-electron chi connectivity index (χ0n) is 14.4. The fourth-order valence-corrected chi connectivity index (χ4v) is 3.31. The van der Waals surface area contributed by atoms with E-state index < -0.39 is 0 Å². The predicted octanol–water partition coefficient (Wildman–Crippen LogP) is 5.11. The molecule has 25 heavy (non-hydrogen) atoms. The molecular formula is C20H19BrO4. The molecular weight excluding hydrogens is 384 g/mol. The monoisotopic (exact) mass is 402 g/mol. The molecule has 0 bridgehead atoms. The van der Waals surface area contributed by atoms with E-state index >= 15 is 0 Å². The number of aryl methyl sites for hydroxylation is 2. The Hall–Kier alpha value is -2.27. The second-order valence-electron chi connectivity index (χ2n) is 6.00. The summed E-state index contributed by atoms with van der Waals surface area (Å²) in [5.41, 5.74) is 4.91. The van der Waals surface area contributed by atoms with E-state index in [0.29, 0.717) is 12.4 Å². The summed E-state index contributed by atoms with van der Waals surface area (Å²) in [5, 5.41) is 1.02. The number of esters is 1. The maximum Gasteiger partial charge on any atom is 0.310 e. The Balaban J connectivity index is 1.85. The Kier molecular flexibility index (Phi) is 5.13. The first-order valence-electron chi connectivity index (χ1n) is 7.93. The third kappa shape index (κ3) is 3.87. The lowest BCUT2D eigenvalue weighted by molar-refractivity contribution is -0.139. The van der Waals surface area contributed by atoms with Crippen LogP contribution in [0.4, 0.5) is 0 Å². The molecule has 0 radical (unpaired) electrons. The van der Waals surface area contributed by atoms with E-state index in [9.17, 15) is 4.79 Å². The van der Waals surface area contributed by atoms with E-state index in [1.165, 1.54) is 7.11 Å². The van der Waals surface area contributed by atoms with Crippen molar-refractivity contribution < 1.29 is 18.7 Å². The summed E-state index contributed by atoms with van der Waals surface area (Å²) in [6, 6.07) is 9.88. The maximum atomic E-state index is 11.7. The number of halogens is 1. The number of hydrogen-bond donors (Lipinski definition) is 0. The van der Waals surface area contributed by atoms with Crippen molar-refractivity contribution >= 4 is 32.9 Å². The molecule has 5 heteroatoms. The van der Waals surface area contributed by atoms with Crippen LogP contribution in [0.15, 0.2) is 45.5 Å². The second-order valence-corrected chi connectivity index (χ2v) is 6.86. The molecule has 1 aromatic heterocycles. The molecule has 0 aliphatic heterocycles. The Labute approximate surface area is 154 Å². The van der Waals surface area contributed by atoms with Crippen molar-refractivity contribution in [1.82, 2.24) is 0 Å². The first-order chi connectivity index (χ1) is 12.0. The van der Waals surface area contributed by atoms with Gasteiger partial charge >= 0.3 is 5.97 Å². The molecule has 1 heterocycles. The smallest absolute Gasteiger partial charge is 0.310 e. The Morgan fingerprint density at radius 1 is 1.16 bits per heavy atom. The van der Waals surface area contributed by atoms with Crippen LogP contribution in [0.1, 0.15) is 22.3 Å². The van der Waals surface area contributed by atoms with Gasteiger partial charge in [-0.25, -0.2) is 0 Å². The number of methoxy groups -OCH3 is 1. The highest BCUT2D eigenvalue weighted by atomic mass is 79.9. The molecule has 0 fully saturated rings. The molecule has 130 valence electrons. The lowest BCUT2D eigenvalue weighted by Gasteiger charge is -2.14. The van der Waals surface area contributed by atoms with Crippen LogP contribution in [0, 0.1) is 13.8 Å². The van der Waals surface area contributed by atoms with Crippen molar-refractivity contribution in [1.29, 1.82) is 0 Å². The van der Waals surface area contributed by atoms with E-state index in [1.807, 2.05) is 44.2 Å². The van der Waals surface area contributed by atoms with Crippen LogP contribution in [0.3, 0.4) is 0 Å². The van der Waals surface area contributed by atoms with Gasteiger partial charge in [0.1, 0.15) is 17.9 Å². The average molecular weight is 403 g/mol. The second kappa shape index (κ2) is 7.31. The number of carbonyl (C=O) groups is 1. The summed E-state index contributed by atoms with van der Waals surface area (Å²) in [6.45, 7) is 4.44. The number of ether oxygens (including phenoxy) is 2. The summed E-state index contributed by atoms with van der Waals surface area (Å²) in [7, 11) is 1.39. The number of carbonyl (C=O) groups excluding carboxylic acids is 1. The van der Waals surface area contributed by atoms with Gasteiger partial charge in [-0.3, -0.25) is 4.79 Å². The van der Waals surface area contributed by atoms with E-state index in [-0.39, 0.29) is 12.4 Å². The van der Waals surface area contributed by atoms with Crippen LogP contribution >= 0.6 is 15.9 Å². The molecule has 3 rings (SSSR count). The number of hydrogen-bond acceptors (Lipinski definition) is 4. The molecule has 0 saturated carbocycles. The van der Waals surface area contributed by atoms with Crippen molar-refractivity contribution in [3.8, 4) is 5.75 Å². The molecule has 0 atom stereocenters. The van der Waals surface area contributed by atoms with E-state index in [0.717, 1.165) is 37.7 Å². The number of furan rings is 1. The van der Waals surface area contributed by atoms with Gasteiger partial charge in [0.2, 0.25) is 0 Å². The first-order valence-corrected chi connectivity index (χ1v) is 8.72. The van der Waals surface area contributed by atoms with Gasteiger partial charge < -0.3 is 13.9 Å². The largest absolute Gasteiger partial charge is 0.489 e. The molecule has 0 saturated heterocycles. The van der Waals surface area contributed by atoms with Crippen LogP contribution in [0.25, 0.3) is 11.0 Å². The zero-order valence-corrected chi connectivity index (χ0v) is 16.0. The van der Waals surface area contributed by atoms with Crippen LogP contribution in [-0.2, 0) is 22.6 Å². The summed E-state index contributed by atoms with van der Waals surface area (Å²) >= 11 is 3.52. The van der Waals surface area contributed by atoms with Gasteiger partial charge in [-0.05, 0) is 70.7 Å². The molecule has 0 aliphatic rings. The average Bonchev–Trinajstić information content (AvgIpc) is 3.05. The molecule has 0 spiro atoms. The topological polar surface area (TPSA) is 48.7 Å². The molecule has 2 aromatic carbocycles. The van der Waals surface area contributed by atoms with Crippen molar-refractivity contribution in [2.75, 3.05) is 7.11 Å². The highest BCUT2D eigenvalue weighted by Crippen LogP contribution is 2.29. The number of benzene rings is 2. The number of rotatable bonds is 5. The lowest BCUT2D eigenvalue weighted by Crippen LogP contribution is -2.08. The summed E-state index contributed by atoms with van der Waals surface area (Å²) in [4.78, 5) is 11.7. The predicted molar refractivity (Wildman–Crippen MR) is 99.9 cm³/mol. The standard InChI is InChI=1S/C20H19BrO4/c1-12-6-16(10-19(22)23-3)18(7-13(12)2)25-11-14-8-15-4-5-24-20(15)17(21)9-14/h4-9H,10-11H2,1-3H3. The van der Waals surface area contributed by atoms with E-state index in [4.69, 9.17) is 13.9 Å². The minimum atomic E-state index is -0.282. The zero-order chi connectivity index (χ0) is 18.0. The Bertz CT molecular complexity index is 927. The highest BCUT2D eigenvalue weighted by Gasteiger charge is 2.12. The third-order valence-electron chi connectivity index (χ3n) is 4.20. The molecule has 3 aromatic rings. The van der Waals surface area contributed by atoms with Crippen molar-refractivity contribution in [3.63, 3.8) is 0 Å². The first kappa shape index (κ1) is 17.5. The molecule has 0 N–H and O–H groups in total. The molecule has 0 amide bonds. The summed E-state index contributed by atoms with van der Waals surface area (Å²) in [5.74, 6) is 0.424. The summed E-state index contributed by atoms with van der Waals surface area (Å²) in [6.07, 6.45) is 1.86. The van der Waals surface area contributed by atoms with Gasteiger partial charge in [0.25, 0.3) is 0 Å². The quantitative estimate of drug-likeness (QED) is 0.556. The molecule has 4 nitrogen and oxygen atoms in total. The molecule has 0 unspecified atom stereocenters. The third-order valence-corrected chi connectivity index (χ3v) is 4.79. The fraction of sp³-hybridized carbons (Fsp3) is 0.250. The number of fused-ring (bicyclic) bond motifs is 1. The van der Waals surface area contributed by atoms with Crippen molar-refractivity contribution in [2.24, 2.45) is 0 Å². The highest BCUT2D eigenvalue weighted by molar-refractivity contribution is 9.10. The fourth-order valence-electron chi connectivity index (χ4n) is 2.69. The van der Waals surface area contributed by atoms with Crippen LogP contribution < -0.4 is 4.74 Å². The minimum absolute atomic E-state index is 0.192. The van der Waals surface area contributed by atoms with E-state index in [1.54, 1.807) is 6.26 Å². The van der Waals surface area contributed by atoms with Gasteiger partial charge in [-0.1, -0.05) is 6.07 Å². The van der Waals surface area contributed by atoms with Gasteiger partial charge in [-0.15, -0.1) is 0 Å². The van der Waals surface area contributed by atoms with Crippen molar-refractivity contribution in [2.45, 2.75) is 26.9 Å². The minimum Gasteiger partial charge on any atom is -0.489 e. The van der Waals surface area contributed by atoms with Gasteiger partial charge in [-0.2, -0.15) is 0 Å².